The van der Waals surface area contributed by atoms with E-state index < -0.39 is 11.8 Å². The molecular formula is C14H22N9O2+. The SMILES string of the molecule is C[N+]1(C)C=C(N)N=C1C(=O)Nc1cc[nH]c1C(=O)NCCN=C(N)N. The number of carbonyl (C=O) groups is 2. The van der Waals surface area contributed by atoms with Crippen molar-refractivity contribution in [3.05, 3.63) is 30.0 Å². The number of hydrogen-bond acceptors (Lipinski definition) is 5. The number of H-pyrrole nitrogens is 1. The van der Waals surface area contributed by atoms with E-state index in [9.17, 15) is 9.59 Å². The second kappa shape index (κ2) is 7.05. The van der Waals surface area contributed by atoms with E-state index in [1.807, 2.05) is 0 Å². The molecule has 1 aliphatic heterocycles. The van der Waals surface area contributed by atoms with E-state index in [1.165, 1.54) is 0 Å². The molecule has 2 heterocycles. The number of aromatic amines is 1. The molecule has 25 heavy (non-hydrogen) atoms. The first-order chi connectivity index (χ1) is 11.7. The van der Waals surface area contributed by atoms with Crippen molar-refractivity contribution < 1.29 is 14.1 Å². The summed E-state index contributed by atoms with van der Waals surface area (Å²) in [6.45, 7) is 0.504. The maximum Gasteiger partial charge on any atom is 0.331 e. The molecule has 2 rings (SSSR count). The van der Waals surface area contributed by atoms with Crippen molar-refractivity contribution in [3.8, 4) is 0 Å². The fraction of sp³-hybridized carbons (Fsp3) is 0.286. The van der Waals surface area contributed by atoms with Gasteiger partial charge >= 0.3 is 11.7 Å². The highest BCUT2D eigenvalue weighted by Crippen LogP contribution is 2.17. The van der Waals surface area contributed by atoms with E-state index in [-0.39, 0.29) is 40.9 Å². The molecule has 0 spiro atoms. The third-order valence-electron chi connectivity index (χ3n) is 3.35. The molecule has 11 heteroatoms. The normalized spacial score (nSPS) is 15.1. The molecule has 1 aromatic heterocycles. The Labute approximate surface area is 144 Å². The summed E-state index contributed by atoms with van der Waals surface area (Å²) in [6.07, 6.45) is 3.19. The van der Waals surface area contributed by atoms with Crippen molar-refractivity contribution in [2.24, 2.45) is 27.2 Å². The minimum Gasteiger partial charge on any atom is -0.379 e. The number of quaternary nitrogens is 1. The number of rotatable bonds is 6. The molecule has 0 saturated carbocycles. The summed E-state index contributed by atoms with van der Waals surface area (Å²) in [5, 5.41) is 5.31. The average molecular weight is 348 g/mol. The second-order valence-corrected chi connectivity index (χ2v) is 5.81. The highest BCUT2D eigenvalue weighted by atomic mass is 16.2. The molecular weight excluding hydrogens is 326 g/mol. The van der Waals surface area contributed by atoms with Crippen molar-refractivity contribution in [1.29, 1.82) is 0 Å². The molecule has 2 amide bonds. The van der Waals surface area contributed by atoms with Crippen molar-refractivity contribution in [2.75, 3.05) is 32.5 Å². The summed E-state index contributed by atoms with van der Waals surface area (Å²) in [5.74, 6) is -0.408. The van der Waals surface area contributed by atoms with E-state index in [0.717, 1.165) is 0 Å². The zero-order valence-corrected chi connectivity index (χ0v) is 14.0. The molecule has 0 bridgehead atoms. The minimum absolute atomic E-state index is 0.0481. The van der Waals surface area contributed by atoms with Crippen LogP contribution in [-0.4, -0.2) is 60.3 Å². The molecule has 1 aliphatic rings. The van der Waals surface area contributed by atoms with Crippen LogP contribution in [0.1, 0.15) is 10.5 Å². The molecule has 11 nitrogen and oxygen atoms in total. The summed E-state index contributed by atoms with van der Waals surface area (Å²) in [4.78, 5) is 35.2. The number of amides is 2. The fourth-order valence-electron chi connectivity index (χ4n) is 2.27. The molecule has 0 atom stereocenters. The van der Waals surface area contributed by atoms with Crippen molar-refractivity contribution >= 4 is 29.3 Å². The molecule has 0 radical (unpaired) electrons. The molecule has 9 N–H and O–H groups in total. The summed E-state index contributed by atoms with van der Waals surface area (Å²) < 4.78 is 0.113. The van der Waals surface area contributed by atoms with Gasteiger partial charge in [0.25, 0.3) is 5.91 Å². The Balaban J connectivity index is 2.02. The standard InChI is InChI=1S/C14H21N9O2/c1-23(2)7-9(15)22-11(23)13(25)21-8-3-4-18-10(8)12(24)19-5-6-20-14(16)17/h3-4,7H,5-6,15H2,1-2H3,(H6-,16,17,18,19,20,21,22,24,25)/p+1. The van der Waals surface area contributed by atoms with Crippen molar-refractivity contribution in [1.82, 2.24) is 10.3 Å². The van der Waals surface area contributed by atoms with Gasteiger partial charge < -0.3 is 32.8 Å². The van der Waals surface area contributed by atoms with Crippen LogP contribution in [0.4, 0.5) is 5.69 Å². The van der Waals surface area contributed by atoms with E-state index in [1.54, 1.807) is 32.6 Å². The first kappa shape index (κ1) is 18.0. The van der Waals surface area contributed by atoms with Gasteiger partial charge in [-0.2, -0.15) is 4.99 Å². The minimum atomic E-state index is -0.448. The van der Waals surface area contributed by atoms with Gasteiger partial charge in [-0.25, -0.2) is 4.48 Å². The Hall–Kier alpha value is -3.34. The zero-order valence-electron chi connectivity index (χ0n) is 14.0. The van der Waals surface area contributed by atoms with Gasteiger partial charge in [0.2, 0.25) is 0 Å². The number of nitrogens with zero attached hydrogens (tertiary/aromatic N) is 3. The lowest BCUT2D eigenvalue weighted by Gasteiger charge is -2.20. The summed E-state index contributed by atoms with van der Waals surface area (Å²) in [7, 11) is 3.54. The van der Waals surface area contributed by atoms with Gasteiger partial charge in [0, 0.05) is 12.7 Å². The molecule has 0 unspecified atom stereocenters. The average Bonchev–Trinajstić information content (AvgIpc) is 3.06. The number of hydrogen-bond donors (Lipinski definition) is 6. The van der Waals surface area contributed by atoms with E-state index >= 15 is 0 Å². The van der Waals surface area contributed by atoms with Crippen LogP contribution in [0.15, 0.2) is 34.3 Å². The number of aliphatic imine (C=N–C) groups is 2. The predicted octanol–water partition coefficient (Wildman–Crippen LogP) is -1.80. The Kier molecular flexibility index (Phi) is 5.08. The smallest absolute Gasteiger partial charge is 0.331 e. The zero-order chi connectivity index (χ0) is 18.6. The third kappa shape index (κ3) is 4.35. The first-order valence-electron chi connectivity index (χ1n) is 7.44. The topological polar surface area (TPSA) is 177 Å². The number of likely N-dealkylation sites (N-methyl/N-ethyl adjacent to an activating group) is 1. The Morgan fingerprint density at radius 1 is 1.32 bits per heavy atom. The van der Waals surface area contributed by atoms with Crippen LogP contribution >= 0.6 is 0 Å². The monoisotopic (exact) mass is 348 g/mol. The number of nitrogens with one attached hydrogen (secondary N) is 3. The van der Waals surface area contributed by atoms with Crippen molar-refractivity contribution in [2.45, 2.75) is 0 Å². The van der Waals surface area contributed by atoms with Gasteiger partial charge in [0.15, 0.2) is 11.8 Å². The number of amidine groups is 1. The van der Waals surface area contributed by atoms with Crippen LogP contribution < -0.4 is 27.8 Å². The molecule has 0 fully saturated rings. The fourth-order valence-corrected chi connectivity index (χ4v) is 2.27. The van der Waals surface area contributed by atoms with Crippen LogP contribution in [0.25, 0.3) is 0 Å². The van der Waals surface area contributed by atoms with Gasteiger partial charge in [-0.1, -0.05) is 0 Å². The van der Waals surface area contributed by atoms with Gasteiger partial charge in [-0.05, 0) is 6.07 Å². The van der Waals surface area contributed by atoms with Crippen LogP contribution in [-0.2, 0) is 4.79 Å². The second-order valence-electron chi connectivity index (χ2n) is 5.81. The van der Waals surface area contributed by atoms with E-state index in [4.69, 9.17) is 17.2 Å². The summed E-state index contributed by atoms with van der Waals surface area (Å²) >= 11 is 0. The molecule has 0 saturated heterocycles. The van der Waals surface area contributed by atoms with Gasteiger partial charge in [-0.15, -0.1) is 0 Å². The van der Waals surface area contributed by atoms with Crippen LogP contribution in [0.2, 0.25) is 0 Å². The highest BCUT2D eigenvalue weighted by molar-refractivity contribution is 6.40. The van der Waals surface area contributed by atoms with E-state index in [0.29, 0.717) is 5.69 Å². The van der Waals surface area contributed by atoms with Crippen LogP contribution in [0.5, 0.6) is 0 Å². The maximum atomic E-state index is 12.4. The highest BCUT2D eigenvalue weighted by Gasteiger charge is 2.35. The maximum absolute atomic E-state index is 12.4. The number of aromatic nitrogens is 1. The van der Waals surface area contributed by atoms with Crippen LogP contribution in [0.3, 0.4) is 0 Å². The molecule has 0 aliphatic carbocycles. The largest absolute Gasteiger partial charge is 0.379 e. The Bertz CT molecular complexity index is 769. The van der Waals surface area contributed by atoms with Gasteiger partial charge in [0.1, 0.15) is 11.9 Å². The lowest BCUT2D eigenvalue weighted by atomic mass is 10.3. The molecule has 1 aromatic rings. The number of guanidine groups is 1. The lowest BCUT2D eigenvalue weighted by Crippen LogP contribution is -2.45. The van der Waals surface area contributed by atoms with Gasteiger partial charge in [0.05, 0.1) is 26.3 Å². The molecule has 134 valence electrons. The van der Waals surface area contributed by atoms with E-state index in [2.05, 4.69) is 25.6 Å². The third-order valence-corrected chi connectivity index (χ3v) is 3.35. The predicted molar refractivity (Wildman–Crippen MR) is 94.2 cm³/mol. The lowest BCUT2D eigenvalue weighted by molar-refractivity contribution is -0.738. The van der Waals surface area contributed by atoms with Gasteiger partial charge in [-0.3, -0.25) is 14.6 Å². The number of nitrogens with two attached hydrogens (primary N) is 3. The summed E-state index contributed by atoms with van der Waals surface area (Å²) in [6, 6.07) is 1.58. The Morgan fingerprint density at radius 3 is 2.64 bits per heavy atom. The number of carbonyl (C=O) groups excluding carboxylic acids is 2. The summed E-state index contributed by atoms with van der Waals surface area (Å²) in [5.41, 5.74) is 16.6. The van der Waals surface area contributed by atoms with Crippen molar-refractivity contribution in [3.63, 3.8) is 0 Å². The Morgan fingerprint density at radius 2 is 2.04 bits per heavy atom. The number of anilines is 1. The van der Waals surface area contributed by atoms with Crippen LogP contribution in [0, 0.1) is 0 Å². The molecule has 0 aromatic carbocycles. The quantitative estimate of drug-likeness (QED) is 0.153. The first-order valence-corrected chi connectivity index (χ1v) is 7.44.